The maximum absolute atomic E-state index is 12.0. The molecular weight excluding hydrogens is 248 g/mol. The molecule has 0 aromatic heterocycles. The Kier molecular flexibility index (Phi) is 3.68. The average molecular weight is 264 g/mol. The van der Waals surface area contributed by atoms with Gasteiger partial charge in [0, 0.05) is 0 Å². The van der Waals surface area contributed by atoms with Crippen LogP contribution in [0.5, 0.6) is 0 Å². The van der Waals surface area contributed by atoms with E-state index in [9.17, 15) is 8.42 Å². The second-order valence-corrected chi connectivity index (χ2v) is 6.86. The van der Waals surface area contributed by atoms with Gasteiger partial charge in [-0.25, -0.2) is 8.42 Å². The van der Waals surface area contributed by atoms with Crippen molar-refractivity contribution in [2.45, 2.75) is 17.9 Å². The van der Waals surface area contributed by atoms with Crippen molar-refractivity contribution < 1.29 is 13.5 Å². The summed E-state index contributed by atoms with van der Waals surface area (Å²) in [5, 5.41) is 10.2. The molecule has 2 aromatic rings. The van der Waals surface area contributed by atoms with Crippen LogP contribution in [-0.2, 0) is 15.6 Å². The van der Waals surface area contributed by atoms with E-state index in [2.05, 4.69) is 0 Å². The van der Waals surface area contributed by atoms with E-state index in [1.54, 1.807) is 0 Å². The van der Waals surface area contributed by atoms with E-state index in [1.165, 1.54) is 6.92 Å². The summed E-state index contributed by atoms with van der Waals surface area (Å²) >= 11 is 0. The fourth-order valence-corrected chi connectivity index (χ4v) is 3.09. The van der Waals surface area contributed by atoms with Crippen LogP contribution in [0, 0.1) is 0 Å². The Balaban J connectivity index is 2.44. The van der Waals surface area contributed by atoms with E-state index in [4.69, 9.17) is 5.11 Å². The zero-order chi connectivity index (χ0) is 13.2. The predicted molar refractivity (Wildman–Crippen MR) is 73.1 cm³/mol. The van der Waals surface area contributed by atoms with Crippen molar-refractivity contribution in [3.63, 3.8) is 0 Å². The highest BCUT2D eigenvalue weighted by molar-refractivity contribution is 7.91. The average Bonchev–Trinajstić information content (AvgIpc) is 2.38. The maximum atomic E-state index is 12.0. The van der Waals surface area contributed by atoms with Gasteiger partial charge in [-0.1, -0.05) is 42.5 Å². The van der Waals surface area contributed by atoms with E-state index in [1.807, 2.05) is 42.5 Å². The van der Waals surface area contributed by atoms with Gasteiger partial charge in [0.15, 0.2) is 9.84 Å². The molecule has 2 aromatic carbocycles. The quantitative estimate of drug-likeness (QED) is 0.920. The fourth-order valence-electron chi connectivity index (χ4n) is 1.89. The number of benzene rings is 2. The van der Waals surface area contributed by atoms with Crippen LogP contribution in [0.4, 0.5) is 0 Å². The third-order valence-electron chi connectivity index (χ3n) is 3.11. The summed E-state index contributed by atoms with van der Waals surface area (Å²) in [4.78, 5) is 0. The van der Waals surface area contributed by atoms with Gasteiger partial charge in [0.05, 0.1) is 17.6 Å². The monoisotopic (exact) mass is 264 g/mol. The van der Waals surface area contributed by atoms with Crippen LogP contribution in [-0.4, -0.2) is 25.4 Å². The minimum atomic E-state index is -3.30. The molecule has 0 fully saturated rings. The first-order chi connectivity index (χ1) is 8.54. The molecule has 3 nitrogen and oxygen atoms in total. The van der Waals surface area contributed by atoms with E-state index in [0.717, 1.165) is 16.3 Å². The third-order valence-corrected chi connectivity index (χ3v) is 5.20. The van der Waals surface area contributed by atoms with Gasteiger partial charge in [-0.3, -0.25) is 0 Å². The van der Waals surface area contributed by atoms with Gasteiger partial charge >= 0.3 is 0 Å². The van der Waals surface area contributed by atoms with Gasteiger partial charge in [0.2, 0.25) is 0 Å². The van der Waals surface area contributed by atoms with E-state index < -0.39 is 15.1 Å². The van der Waals surface area contributed by atoms with Crippen molar-refractivity contribution in [2.24, 2.45) is 0 Å². The van der Waals surface area contributed by atoms with Crippen LogP contribution in [0.1, 0.15) is 12.5 Å². The third kappa shape index (κ3) is 2.54. The summed E-state index contributed by atoms with van der Waals surface area (Å²) in [5.41, 5.74) is 0.786. The first kappa shape index (κ1) is 13.1. The first-order valence-corrected chi connectivity index (χ1v) is 7.55. The smallest absolute Gasteiger partial charge is 0.159 e. The molecule has 0 saturated heterocycles. The van der Waals surface area contributed by atoms with Crippen LogP contribution in [0.25, 0.3) is 10.8 Å². The Morgan fingerprint density at radius 3 is 2.50 bits per heavy atom. The number of hydrogen-bond acceptors (Lipinski definition) is 3. The summed E-state index contributed by atoms with van der Waals surface area (Å²) in [6.07, 6.45) is 0. The molecule has 0 spiro atoms. The Hall–Kier alpha value is -1.39. The van der Waals surface area contributed by atoms with Crippen molar-refractivity contribution in [1.82, 2.24) is 0 Å². The van der Waals surface area contributed by atoms with Crippen LogP contribution < -0.4 is 0 Å². The lowest BCUT2D eigenvalue weighted by Gasteiger charge is -2.11. The highest BCUT2D eigenvalue weighted by Crippen LogP contribution is 2.21. The minimum absolute atomic E-state index is 0.0317. The maximum Gasteiger partial charge on any atom is 0.159 e. The minimum Gasteiger partial charge on any atom is -0.395 e. The summed E-state index contributed by atoms with van der Waals surface area (Å²) in [5.74, 6) is -0.0317. The molecule has 0 bridgehead atoms. The molecule has 0 aliphatic rings. The van der Waals surface area contributed by atoms with Crippen LogP contribution in [0.3, 0.4) is 0 Å². The lowest BCUT2D eigenvalue weighted by atomic mass is 10.1. The van der Waals surface area contributed by atoms with Gasteiger partial charge in [-0.05, 0) is 23.3 Å². The lowest BCUT2D eigenvalue weighted by Crippen LogP contribution is -2.23. The molecule has 0 amide bonds. The number of sulfone groups is 1. The van der Waals surface area contributed by atoms with Gasteiger partial charge in [0.1, 0.15) is 0 Å². The molecule has 0 saturated carbocycles. The van der Waals surface area contributed by atoms with Crippen molar-refractivity contribution in [1.29, 1.82) is 0 Å². The number of aliphatic hydroxyl groups is 1. The molecular formula is C14H16O3S. The number of hydrogen-bond donors (Lipinski definition) is 1. The molecule has 0 heterocycles. The normalized spacial score (nSPS) is 13.7. The lowest BCUT2D eigenvalue weighted by molar-refractivity contribution is 0.295. The fraction of sp³-hybridized carbons (Fsp3) is 0.286. The predicted octanol–water partition coefficient (Wildman–Crippen LogP) is 2.14. The van der Waals surface area contributed by atoms with Crippen molar-refractivity contribution in [3.05, 3.63) is 48.0 Å². The zero-order valence-electron chi connectivity index (χ0n) is 10.2. The number of rotatable bonds is 4. The molecule has 4 heteroatoms. The molecule has 2 rings (SSSR count). The Morgan fingerprint density at radius 2 is 1.78 bits per heavy atom. The topological polar surface area (TPSA) is 54.4 Å². The van der Waals surface area contributed by atoms with Crippen LogP contribution in [0.15, 0.2) is 42.5 Å². The van der Waals surface area contributed by atoms with Crippen LogP contribution >= 0.6 is 0 Å². The first-order valence-electron chi connectivity index (χ1n) is 5.83. The van der Waals surface area contributed by atoms with Gasteiger partial charge < -0.3 is 5.11 Å². The molecule has 0 radical (unpaired) electrons. The standard InChI is InChI=1S/C14H16O3S/c1-11(9-15)18(16,17)10-13-7-4-6-12-5-2-3-8-14(12)13/h2-8,11,15H,9-10H2,1H3/t11-/m0/s1. The summed E-state index contributed by atoms with van der Waals surface area (Å²) in [7, 11) is -3.30. The molecule has 18 heavy (non-hydrogen) atoms. The molecule has 96 valence electrons. The van der Waals surface area contributed by atoms with Crippen LogP contribution in [0.2, 0.25) is 0 Å². The van der Waals surface area contributed by atoms with E-state index in [-0.39, 0.29) is 12.4 Å². The van der Waals surface area contributed by atoms with Gasteiger partial charge in [-0.15, -0.1) is 0 Å². The van der Waals surface area contributed by atoms with E-state index >= 15 is 0 Å². The van der Waals surface area contributed by atoms with E-state index in [0.29, 0.717) is 0 Å². The molecule has 0 aliphatic heterocycles. The largest absolute Gasteiger partial charge is 0.395 e. The highest BCUT2D eigenvalue weighted by Gasteiger charge is 2.21. The Labute approximate surface area is 107 Å². The van der Waals surface area contributed by atoms with Gasteiger partial charge in [0.25, 0.3) is 0 Å². The Bertz CT molecular complexity index is 642. The molecule has 0 aliphatic carbocycles. The molecule has 1 atom stereocenters. The van der Waals surface area contributed by atoms with Crippen molar-refractivity contribution >= 4 is 20.6 Å². The second kappa shape index (κ2) is 5.08. The summed E-state index contributed by atoms with van der Waals surface area (Å²) in [6.45, 7) is 1.19. The highest BCUT2D eigenvalue weighted by atomic mass is 32.2. The molecule has 1 N–H and O–H groups in total. The molecule has 0 unspecified atom stereocenters. The number of aliphatic hydroxyl groups excluding tert-OH is 1. The van der Waals surface area contributed by atoms with Gasteiger partial charge in [-0.2, -0.15) is 0 Å². The second-order valence-electron chi connectivity index (χ2n) is 4.44. The summed E-state index contributed by atoms with van der Waals surface area (Å²) in [6, 6.07) is 13.3. The number of fused-ring (bicyclic) bond motifs is 1. The van der Waals surface area contributed by atoms with Crippen molar-refractivity contribution in [3.8, 4) is 0 Å². The summed E-state index contributed by atoms with van der Waals surface area (Å²) < 4.78 is 24.0. The Morgan fingerprint density at radius 1 is 1.11 bits per heavy atom. The van der Waals surface area contributed by atoms with Crippen molar-refractivity contribution in [2.75, 3.05) is 6.61 Å². The zero-order valence-corrected chi connectivity index (χ0v) is 11.0. The SMILES string of the molecule is C[C@@H](CO)S(=O)(=O)Cc1cccc2ccccc12.